The van der Waals surface area contributed by atoms with Crippen LogP contribution in [0, 0.1) is 11.8 Å². The van der Waals surface area contributed by atoms with Gasteiger partial charge in [0.25, 0.3) is 5.91 Å². The van der Waals surface area contributed by atoms with Crippen LogP contribution in [0.1, 0.15) is 60.7 Å². The molecular formula is C22H26N2O4S. The van der Waals surface area contributed by atoms with E-state index in [1.54, 1.807) is 18.2 Å². The Bertz CT molecular complexity index is 891. The number of carboxylic acid groups (broad SMARTS) is 1. The third-order valence-electron chi connectivity index (χ3n) is 5.25. The summed E-state index contributed by atoms with van der Waals surface area (Å²) in [5, 5.41) is 15.7. The summed E-state index contributed by atoms with van der Waals surface area (Å²) in [7, 11) is 0. The zero-order chi connectivity index (χ0) is 21.0. The first-order valence-corrected chi connectivity index (χ1v) is 10.7. The lowest BCUT2D eigenvalue weighted by Crippen LogP contribution is -2.36. The van der Waals surface area contributed by atoms with Crippen LogP contribution >= 0.6 is 11.3 Å². The fourth-order valence-electron chi connectivity index (χ4n) is 3.62. The van der Waals surface area contributed by atoms with Gasteiger partial charge in [0.05, 0.1) is 17.4 Å². The Morgan fingerprint density at radius 1 is 1.03 bits per heavy atom. The lowest BCUT2D eigenvalue weighted by Gasteiger charge is -2.27. The van der Waals surface area contributed by atoms with Crippen LogP contribution in [0.2, 0.25) is 0 Å². The molecule has 0 saturated heterocycles. The highest BCUT2D eigenvalue weighted by atomic mass is 32.1. The van der Waals surface area contributed by atoms with E-state index in [1.807, 2.05) is 32.0 Å². The van der Waals surface area contributed by atoms with Gasteiger partial charge in [0.1, 0.15) is 5.00 Å². The van der Waals surface area contributed by atoms with Crippen molar-refractivity contribution < 1.29 is 19.5 Å². The number of para-hydroxylation sites is 1. The van der Waals surface area contributed by atoms with Crippen molar-refractivity contribution in [3.63, 3.8) is 0 Å². The first-order valence-electron chi connectivity index (χ1n) is 9.90. The highest BCUT2D eigenvalue weighted by Gasteiger charge is 2.36. The molecule has 1 fully saturated rings. The molecule has 1 aromatic heterocycles. The number of rotatable bonds is 6. The number of anilines is 2. The monoisotopic (exact) mass is 414 g/mol. The summed E-state index contributed by atoms with van der Waals surface area (Å²) in [5.74, 6) is -2.59. The number of carbonyl (C=O) groups is 3. The maximum absolute atomic E-state index is 12.9. The van der Waals surface area contributed by atoms with E-state index in [0.29, 0.717) is 29.1 Å². The van der Waals surface area contributed by atoms with Gasteiger partial charge < -0.3 is 15.7 Å². The number of hydrogen-bond donors (Lipinski definition) is 3. The molecule has 29 heavy (non-hydrogen) atoms. The van der Waals surface area contributed by atoms with E-state index >= 15 is 0 Å². The van der Waals surface area contributed by atoms with Gasteiger partial charge in [-0.2, -0.15) is 0 Å². The maximum Gasteiger partial charge on any atom is 0.307 e. The number of carboxylic acids is 1. The van der Waals surface area contributed by atoms with Gasteiger partial charge in [-0.1, -0.05) is 44.9 Å². The summed E-state index contributed by atoms with van der Waals surface area (Å²) >= 11 is 1.37. The average Bonchev–Trinajstić information content (AvgIpc) is 3.13. The molecule has 154 valence electrons. The molecule has 1 aliphatic rings. The molecule has 2 aromatic rings. The minimum Gasteiger partial charge on any atom is -0.481 e. The Kier molecular flexibility index (Phi) is 6.69. The lowest BCUT2D eigenvalue weighted by molar-refractivity contribution is -0.147. The lowest BCUT2D eigenvalue weighted by atomic mass is 9.79. The fourth-order valence-corrected chi connectivity index (χ4v) is 4.68. The average molecular weight is 415 g/mol. The van der Waals surface area contributed by atoms with Gasteiger partial charge >= 0.3 is 5.97 Å². The molecule has 0 aliphatic heterocycles. The van der Waals surface area contributed by atoms with E-state index < -0.39 is 17.8 Å². The number of aliphatic carboxylic acids is 1. The molecule has 0 unspecified atom stereocenters. The molecule has 6 nitrogen and oxygen atoms in total. The molecular weight excluding hydrogens is 388 g/mol. The topological polar surface area (TPSA) is 95.5 Å². The molecule has 0 spiro atoms. The molecule has 1 saturated carbocycles. The first kappa shape index (κ1) is 21.0. The highest BCUT2D eigenvalue weighted by Crippen LogP contribution is 2.36. The van der Waals surface area contributed by atoms with Crippen molar-refractivity contribution in [2.45, 2.75) is 45.4 Å². The van der Waals surface area contributed by atoms with Gasteiger partial charge in [0.2, 0.25) is 5.91 Å². The Hall–Kier alpha value is -2.67. The van der Waals surface area contributed by atoms with E-state index in [1.165, 1.54) is 11.3 Å². The van der Waals surface area contributed by atoms with Crippen LogP contribution in [0.5, 0.6) is 0 Å². The first-order chi connectivity index (χ1) is 13.9. The van der Waals surface area contributed by atoms with Crippen molar-refractivity contribution in [2.24, 2.45) is 11.8 Å². The summed E-state index contributed by atoms with van der Waals surface area (Å²) in [6.45, 7) is 4.05. The summed E-state index contributed by atoms with van der Waals surface area (Å²) < 4.78 is 0. The van der Waals surface area contributed by atoms with Crippen molar-refractivity contribution in [3.8, 4) is 0 Å². The van der Waals surface area contributed by atoms with E-state index in [4.69, 9.17) is 0 Å². The molecule has 2 atom stereocenters. The maximum atomic E-state index is 12.9. The molecule has 0 radical (unpaired) electrons. The number of hydrogen-bond acceptors (Lipinski definition) is 4. The SMILES string of the molecule is CC(C)c1cc(C(=O)Nc2ccccc2)c(NC(=O)[C@H]2CCCC[C@H]2C(=O)O)s1. The number of thiophene rings is 1. The predicted octanol–water partition coefficient (Wildman–Crippen LogP) is 4.95. The van der Waals surface area contributed by atoms with E-state index in [0.717, 1.165) is 17.7 Å². The van der Waals surface area contributed by atoms with Crippen LogP contribution in [0.4, 0.5) is 10.7 Å². The zero-order valence-corrected chi connectivity index (χ0v) is 17.4. The summed E-state index contributed by atoms with van der Waals surface area (Å²) in [5.41, 5.74) is 1.07. The minimum absolute atomic E-state index is 0.204. The Morgan fingerprint density at radius 2 is 1.69 bits per heavy atom. The minimum atomic E-state index is -0.930. The van der Waals surface area contributed by atoms with Crippen LogP contribution < -0.4 is 10.6 Å². The van der Waals surface area contributed by atoms with Crippen LogP contribution in [-0.2, 0) is 9.59 Å². The number of benzene rings is 1. The van der Waals surface area contributed by atoms with Crippen LogP contribution in [-0.4, -0.2) is 22.9 Å². The van der Waals surface area contributed by atoms with Gasteiger partial charge in [0.15, 0.2) is 0 Å². The normalized spacial score (nSPS) is 19.0. The predicted molar refractivity (Wildman–Crippen MR) is 115 cm³/mol. The van der Waals surface area contributed by atoms with E-state index in [-0.39, 0.29) is 17.7 Å². The second kappa shape index (κ2) is 9.22. The van der Waals surface area contributed by atoms with Crippen molar-refractivity contribution in [1.29, 1.82) is 0 Å². The summed E-state index contributed by atoms with van der Waals surface area (Å²) in [4.78, 5) is 38.3. The van der Waals surface area contributed by atoms with Crippen molar-refractivity contribution >= 4 is 39.8 Å². The quantitative estimate of drug-likeness (QED) is 0.623. The Morgan fingerprint density at radius 3 is 2.31 bits per heavy atom. The van der Waals surface area contributed by atoms with E-state index in [9.17, 15) is 19.5 Å². The van der Waals surface area contributed by atoms with Gasteiger partial charge in [0, 0.05) is 10.6 Å². The van der Waals surface area contributed by atoms with E-state index in [2.05, 4.69) is 10.6 Å². The number of nitrogens with one attached hydrogen (secondary N) is 2. The second-order valence-electron chi connectivity index (χ2n) is 7.69. The Balaban J connectivity index is 1.83. The largest absolute Gasteiger partial charge is 0.481 e. The van der Waals surface area contributed by atoms with Gasteiger partial charge in [-0.05, 0) is 37.0 Å². The molecule has 7 heteroatoms. The molecule has 1 aliphatic carbocycles. The third kappa shape index (κ3) is 5.03. The zero-order valence-electron chi connectivity index (χ0n) is 16.6. The van der Waals surface area contributed by atoms with Crippen molar-refractivity contribution in [1.82, 2.24) is 0 Å². The summed E-state index contributed by atoms with van der Waals surface area (Å²) in [6.07, 6.45) is 2.72. The van der Waals surface area contributed by atoms with Gasteiger partial charge in [-0.15, -0.1) is 11.3 Å². The van der Waals surface area contributed by atoms with Gasteiger partial charge in [-0.3, -0.25) is 14.4 Å². The second-order valence-corrected chi connectivity index (χ2v) is 8.78. The number of amides is 2. The van der Waals surface area contributed by atoms with Crippen molar-refractivity contribution in [2.75, 3.05) is 10.6 Å². The highest BCUT2D eigenvalue weighted by molar-refractivity contribution is 7.16. The van der Waals surface area contributed by atoms with Crippen LogP contribution in [0.15, 0.2) is 36.4 Å². The van der Waals surface area contributed by atoms with Crippen LogP contribution in [0.3, 0.4) is 0 Å². The molecule has 1 heterocycles. The standard InChI is InChI=1S/C22H26N2O4S/c1-13(2)18-12-17(20(26)23-14-8-4-3-5-9-14)21(29-18)24-19(25)15-10-6-7-11-16(15)22(27)28/h3-5,8-9,12-13,15-16H,6-7,10-11H2,1-2H3,(H,23,26)(H,24,25)(H,27,28)/t15-,16+/m0/s1. The number of carbonyl (C=O) groups excluding carboxylic acids is 2. The summed E-state index contributed by atoms with van der Waals surface area (Å²) in [6, 6.07) is 10.9. The Labute approximate surface area is 174 Å². The third-order valence-corrected chi connectivity index (χ3v) is 6.60. The molecule has 0 bridgehead atoms. The molecule has 3 rings (SSSR count). The smallest absolute Gasteiger partial charge is 0.307 e. The van der Waals surface area contributed by atoms with Crippen molar-refractivity contribution in [3.05, 3.63) is 46.8 Å². The molecule has 1 aromatic carbocycles. The fraction of sp³-hybridized carbons (Fsp3) is 0.409. The van der Waals surface area contributed by atoms with Gasteiger partial charge in [-0.25, -0.2) is 0 Å². The van der Waals surface area contributed by atoms with Crippen LogP contribution in [0.25, 0.3) is 0 Å². The molecule has 2 amide bonds. The molecule has 3 N–H and O–H groups in total.